The average molecular weight is 531 g/mol. The molecule has 0 fully saturated rings. The lowest BCUT2D eigenvalue weighted by Gasteiger charge is -2.26. The van der Waals surface area contributed by atoms with Gasteiger partial charge in [-0.3, -0.25) is 9.59 Å². The van der Waals surface area contributed by atoms with Gasteiger partial charge in [0, 0.05) is 25.3 Å². The predicted molar refractivity (Wildman–Crippen MR) is 144 cm³/mol. The van der Waals surface area contributed by atoms with E-state index in [4.69, 9.17) is 9.47 Å². The van der Waals surface area contributed by atoms with E-state index in [1.807, 2.05) is 44.2 Å². The molecule has 1 aromatic rings. The zero-order chi connectivity index (χ0) is 28.8. The largest absolute Gasteiger partial charge is 0.478 e. The van der Waals surface area contributed by atoms with E-state index < -0.39 is 42.0 Å². The Kier molecular flexibility index (Phi) is 14.3. The summed E-state index contributed by atoms with van der Waals surface area (Å²) in [6.45, 7) is 13.3. The van der Waals surface area contributed by atoms with E-state index in [0.29, 0.717) is 17.9 Å². The van der Waals surface area contributed by atoms with Gasteiger partial charge in [0.25, 0.3) is 0 Å². The summed E-state index contributed by atoms with van der Waals surface area (Å²) in [6.07, 6.45) is 0.228. The summed E-state index contributed by atoms with van der Waals surface area (Å²) in [4.78, 5) is 48.1. The average Bonchev–Trinajstić information content (AvgIpc) is 2.87. The number of carboxylic acids is 1. The Bertz CT molecular complexity index is 968. The standard InChI is InChI=1S/C30H42O8/c1-7-19(2)17-20(3)13-16-26(33)38-29(30(35)36)27(34)25(32)15-14-21(4)28(37-23(6)31)22(5)18-24-11-9-8-10-12-24/h8-13,16,19-20,22,27-29,34H,4,7,14-15,17-18H2,1-3,5-6H3,(H,35,36)/b16-13+/t19-,20+,22+,27-,28+,29+/m0/s1. The first-order chi connectivity index (χ1) is 17.8. The Balaban J connectivity index is 2.77. The number of carbonyl (C=O) groups is 4. The van der Waals surface area contributed by atoms with Gasteiger partial charge in [0.2, 0.25) is 6.10 Å². The Morgan fingerprint density at radius 2 is 1.63 bits per heavy atom. The highest BCUT2D eigenvalue weighted by Crippen LogP contribution is 2.24. The molecule has 0 saturated carbocycles. The van der Waals surface area contributed by atoms with Crippen LogP contribution < -0.4 is 0 Å². The van der Waals surface area contributed by atoms with Crippen LogP contribution in [-0.2, 0) is 35.1 Å². The summed E-state index contributed by atoms with van der Waals surface area (Å²) >= 11 is 0. The predicted octanol–water partition coefficient (Wildman–Crippen LogP) is 4.69. The highest BCUT2D eigenvalue weighted by molar-refractivity contribution is 5.92. The van der Waals surface area contributed by atoms with Crippen LogP contribution in [0.1, 0.15) is 65.9 Å². The van der Waals surface area contributed by atoms with Gasteiger partial charge in [-0.25, -0.2) is 9.59 Å². The van der Waals surface area contributed by atoms with Crippen molar-refractivity contribution >= 4 is 23.7 Å². The number of esters is 2. The van der Waals surface area contributed by atoms with Gasteiger partial charge < -0.3 is 19.7 Å². The number of hydrogen-bond donors (Lipinski definition) is 2. The molecule has 0 heterocycles. The van der Waals surface area contributed by atoms with Crippen LogP contribution in [-0.4, -0.2) is 52.2 Å². The monoisotopic (exact) mass is 530 g/mol. The van der Waals surface area contributed by atoms with Crippen molar-refractivity contribution in [3.05, 3.63) is 60.2 Å². The molecule has 0 amide bonds. The lowest BCUT2D eigenvalue weighted by Crippen LogP contribution is -2.43. The Morgan fingerprint density at radius 3 is 2.18 bits per heavy atom. The second kappa shape index (κ2) is 16.6. The van der Waals surface area contributed by atoms with Crippen LogP contribution in [0, 0.1) is 17.8 Å². The normalized spacial score (nSPS) is 16.1. The third-order valence-corrected chi connectivity index (χ3v) is 6.44. The number of rotatable bonds is 17. The molecule has 8 nitrogen and oxygen atoms in total. The van der Waals surface area contributed by atoms with E-state index in [-0.39, 0.29) is 24.7 Å². The molecular weight excluding hydrogens is 488 g/mol. The molecule has 0 aliphatic heterocycles. The lowest BCUT2D eigenvalue weighted by atomic mass is 9.89. The molecule has 6 atom stereocenters. The quantitative estimate of drug-likeness (QED) is 0.169. The fraction of sp³-hybridized carbons (Fsp3) is 0.533. The van der Waals surface area contributed by atoms with Crippen molar-refractivity contribution < 1.29 is 38.9 Å². The fourth-order valence-corrected chi connectivity index (χ4v) is 4.15. The van der Waals surface area contributed by atoms with Crippen molar-refractivity contribution in [3.8, 4) is 0 Å². The maximum Gasteiger partial charge on any atom is 0.348 e. The van der Waals surface area contributed by atoms with E-state index in [1.54, 1.807) is 6.08 Å². The molecule has 0 aromatic heterocycles. The number of Topliss-reactive ketones (excluding diaryl/α,β-unsaturated/α-hetero) is 1. The number of aliphatic hydroxyl groups excluding tert-OH is 1. The van der Waals surface area contributed by atoms with E-state index in [1.165, 1.54) is 6.92 Å². The van der Waals surface area contributed by atoms with Crippen LogP contribution in [0.2, 0.25) is 0 Å². The van der Waals surface area contributed by atoms with E-state index >= 15 is 0 Å². The first-order valence-corrected chi connectivity index (χ1v) is 13.1. The molecule has 38 heavy (non-hydrogen) atoms. The smallest absolute Gasteiger partial charge is 0.348 e. The number of aliphatic hydroxyl groups is 1. The SMILES string of the molecule is C=C(CCC(=O)[C@H](O)[C@@H](OC(=O)/C=C/[C@@H](C)C[C@@H](C)CC)C(=O)O)[C@@H](OC(C)=O)[C@H](C)Cc1ccccc1. The number of carboxylic acid groups (broad SMARTS) is 1. The number of aliphatic carboxylic acids is 1. The highest BCUT2D eigenvalue weighted by Gasteiger charge is 2.35. The summed E-state index contributed by atoms with van der Waals surface area (Å²) < 4.78 is 10.4. The first-order valence-electron chi connectivity index (χ1n) is 13.1. The minimum atomic E-state index is -2.05. The summed E-state index contributed by atoms with van der Waals surface area (Å²) in [5.74, 6) is -3.50. The minimum absolute atomic E-state index is 0.0558. The minimum Gasteiger partial charge on any atom is -0.478 e. The van der Waals surface area contributed by atoms with Gasteiger partial charge in [0.1, 0.15) is 6.10 Å². The van der Waals surface area contributed by atoms with Gasteiger partial charge >= 0.3 is 17.9 Å². The zero-order valence-electron chi connectivity index (χ0n) is 23.1. The van der Waals surface area contributed by atoms with Gasteiger partial charge in [-0.05, 0) is 42.2 Å². The van der Waals surface area contributed by atoms with Crippen LogP contribution in [0.5, 0.6) is 0 Å². The number of allylic oxidation sites excluding steroid dienone is 1. The topological polar surface area (TPSA) is 127 Å². The van der Waals surface area contributed by atoms with Crippen LogP contribution in [0.4, 0.5) is 0 Å². The molecule has 1 aromatic carbocycles. The lowest BCUT2D eigenvalue weighted by molar-refractivity contribution is -0.170. The number of benzene rings is 1. The second-order valence-corrected chi connectivity index (χ2v) is 10.0. The number of carbonyl (C=O) groups excluding carboxylic acids is 3. The summed E-state index contributed by atoms with van der Waals surface area (Å²) in [7, 11) is 0. The van der Waals surface area contributed by atoms with E-state index in [2.05, 4.69) is 20.4 Å². The van der Waals surface area contributed by atoms with Crippen molar-refractivity contribution in [2.24, 2.45) is 17.8 Å². The van der Waals surface area contributed by atoms with Gasteiger partial charge in [0.05, 0.1) is 0 Å². The van der Waals surface area contributed by atoms with Crippen molar-refractivity contribution in [2.75, 3.05) is 0 Å². The van der Waals surface area contributed by atoms with E-state index in [0.717, 1.165) is 24.5 Å². The van der Waals surface area contributed by atoms with E-state index in [9.17, 15) is 29.4 Å². The zero-order valence-corrected chi connectivity index (χ0v) is 23.1. The molecule has 0 saturated heterocycles. The van der Waals surface area contributed by atoms with Gasteiger partial charge in [0.15, 0.2) is 11.9 Å². The molecule has 1 rings (SSSR count). The Labute approximate surface area is 225 Å². The van der Waals surface area contributed by atoms with Crippen LogP contribution in [0.15, 0.2) is 54.6 Å². The van der Waals surface area contributed by atoms with Crippen LogP contribution in [0.3, 0.4) is 0 Å². The van der Waals surface area contributed by atoms with Crippen molar-refractivity contribution in [1.82, 2.24) is 0 Å². The maximum absolute atomic E-state index is 12.6. The van der Waals surface area contributed by atoms with Crippen LogP contribution in [0.25, 0.3) is 0 Å². The molecule has 0 radical (unpaired) electrons. The fourth-order valence-electron chi connectivity index (χ4n) is 4.15. The summed E-state index contributed by atoms with van der Waals surface area (Å²) in [5.41, 5.74) is 1.51. The van der Waals surface area contributed by atoms with Gasteiger partial charge in [-0.2, -0.15) is 0 Å². The number of ketones is 1. The third-order valence-electron chi connectivity index (χ3n) is 6.44. The second-order valence-electron chi connectivity index (χ2n) is 10.0. The van der Waals surface area contributed by atoms with Crippen molar-refractivity contribution in [1.29, 1.82) is 0 Å². The first kappa shape index (κ1) is 32.8. The van der Waals surface area contributed by atoms with Gasteiger partial charge in [-0.15, -0.1) is 0 Å². The Morgan fingerprint density at radius 1 is 1.00 bits per heavy atom. The van der Waals surface area contributed by atoms with Crippen molar-refractivity contribution in [3.63, 3.8) is 0 Å². The van der Waals surface area contributed by atoms with Crippen LogP contribution >= 0.6 is 0 Å². The summed E-state index contributed by atoms with van der Waals surface area (Å²) in [6, 6.07) is 9.64. The summed E-state index contributed by atoms with van der Waals surface area (Å²) in [5, 5.41) is 19.8. The molecule has 2 N–H and O–H groups in total. The Hall–Kier alpha value is -3.26. The molecular formula is C30H42O8. The van der Waals surface area contributed by atoms with Crippen molar-refractivity contribution in [2.45, 2.75) is 85.0 Å². The number of hydrogen-bond acceptors (Lipinski definition) is 7. The molecule has 0 unspecified atom stereocenters. The maximum atomic E-state index is 12.6. The number of ether oxygens (including phenoxy) is 2. The molecule has 0 aliphatic rings. The third kappa shape index (κ3) is 11.9. The molecule has 8 heteroatoms. The molecule has 0 spiro atoms. The van der Waals surface area contributed by atoms with Gasteiger partial charge in [-0.1, -0.05) is 77.1 Å². The molecule has 0 aliphatic carbocycles. The molecule has 0 bridgehead atoms. The highest BCUT2D eigenvalue weighted by atomic mass is 16.6. The molecule has 210 valence electrons.